The monoisotopic (exact) mass is 120 g/mol. The van der Waals surface area contributed by atoms with Gasteiger partial charge in [-0.25, -0.2) is 4.89 Å². The van der Waals surface area contributed by atoms with Crippen molar-refractivity contribution in [2.45, 2.75) is 40.2 Å². The third-order valence-electron chi connectivity index (χ3n) is 0.274. The number of rotatable bonds is 0. The Labute approximate surface area is 51.4 Å². The molecule has 0 aromatic rings. The average Bonchev–Trinajstić information content (AvgIpc) is 1.71. The lowest BCUT2D eigenvalue weighted by Crippen LogP contribution is -2.15. The van der Waals surface area contributed by atoms with Crippen molar-refractivity contribution < 1.29 is 10.1 Å². The molecular weight excluding hydrogens is 104 g/mol. The second-order valence-electron chi connectivity index (χ2n) is 2.20. The normalized spacial score (nSPS) is 9.75. The summed E-state index contributed by atoms with van der Waals surface area (Å²) < 4.78 is 0. The minimum absolute atomic E-state index is 0.403. The lowest BCUT2D eigenvalue weighted by molar-refractivity contribution is -0.306. The molecule has 0 rings (SSSR count). The standard InChI is InChI=1S/C4H10O2.C2H6/c1-4(2,3)6-5;1-2/h5H,1-3H3;1-2H3. The highest BCUT2D eigenvalue weighted by Gasteiger charge is 2.06. The van der Waals surface area contributed by atoms with Gasteiger partial charge in [0.15, 0.2) is 0 Å². The van der Waals surface area contributed by atoms with Crippen molar-refractivity contribution in [1.29, 1.82) is 0 Å². The molecule has 0 aromatic heterocycles. The van der Waals surface area contributed by atoms with E-state index in [1.807, 2.05) is 13.8 Å². The van der Waals surface area contributed by atoms with Crippen molar-refractivity contribution in [2.75, 3.05) is 0 Å². The van der Waals surface area contributed by atoms with E-state index in [-0.39, 0.29) is 0 Å². The minimum Gasteiger partial charge on any atom is -0.251 e. The Morgan fingerprint density at radius 2 is 1.25 bits per heavy atom. The van der Waals surface area contributed by atoms with Gasteiger partial charge in [-0.2, -0.15) is 0 Å². The topological polar surface area (TPSA) is 29.5 Å². The van der Waals surface area contributed by atoms with Crippen LogP contribution in [-0.4, -0.2) is 10.9 Å². The molecule has 0 bridgehead atoms. The average molecular weight is 120 g/mol. The highest BCUT2D eigenvalue weighted by molar-refractivity contribution is 4.53. The Kier molecular flexibility index (Phi) is 6.85. The van der Waals surface area contributed by atoms with Gasteiger partial charge in [0, 0.05) is 0 Å². The Bertz CT molecular complexity index is 36.3. The summed E-state index contributed by atoms with van der Waals surface area (Å²) in [6.07, 6.45) is 0. The Morgan fingerprint density at radius 3 is 1.25 bits per heavy atom. The first-order valence-electron chi connectivity index (χ1n) is 2.89. The summed E-state index contributed by atoms with van der Waals surface area (Å²) in [5, 5.41) is 7.90. The van der Waals surface area contributed by atoms with Crippen LogP contribution in [0.25, 0.3) is 0 Å². The van der Waals surface area contributed by atoms with Gasteiger partial charge >= 0.3 is 0 Å². The van der Waals surface area contributed by atoms with Gasteiger partial charge in [0.2, 0.25) is 0 Å². The molecule has 8 heavy (non-hydrogen) atoms. The van der Waals surface area contributed by atoms with Crippen LogP contribution in [0, 0.1) is 0 Å². The molecule has 0 fully saturated rings. The predicted molar refractivity (Wildman–Crippen MR) is 34.8 cm³/mol. The molecule has 0 saturated carbocycles. The summed E-state index contributed by atoms with van der Waals surface area (Å²) >= 11 is 0. The third kappa shape index (κ3) is 16.8. The summed E-state index contributed by atoms with van der Waals surface area (Å²) in [6, 6.07) is 0. The van der Waals surface area contributed by atoms with Crippen molar-refractivity contribution in [2.24, 2.45) is 0 Å². The SMILES string of the molecule is CC.CC(C)(C)OO. The van der Waals surface area contributed by atoms with E-state index in [0.717, 1.165) is 0 Å². The summed E-state index contributed by atoms with van der Waals surface area (Å²) in [5.41, 5.74) is -0.403. The molecule has 0 saturated heterocycles. The largest absolute Gasteiger partial charge is 0.251 e. The van der Waals surface area contributed by atoms with Crippen LogP contribution in [0.3, 0.4) is 0 Å². The van der Waals surface area contributed by atoms with Crippen LogP contribution in [0.15, 0.2) is 0 Å². The first-order valence-corrected chi connectivity index (χ1v) is 2.89. The van der Waals surface area contributed by atoms with Crippen LogP contribution in [0.5, 0.6) is 0 Å². The lowest BCUT2D eigenvalue weighted by Gasteiger charge is -2.10. The highest BCUT2D eigenvalue weighted by Crippen LogP contribution is 2.01. The van der Waals surface area contributed by atoms with Crippen LogP contribution < -0.4 is 0 Å². The quantitative estimate of drug-likeness (QED) is 0.392. The fourth-order valence-corrected chi connectivity index (χ4v) is 0. The van der Waals surface area contributed by atoms with Gasteiger partial charge < -0.3 is 0 Å². The van der Waals surface area contributed by atoms with Gasteiger partial charge in [0.05, 0.1) is 5.60 Å². The molecule has 0 aliphatic carbocycles. The molecule has 0 aliphatic rings. The van der Waals surface area contributed by atoms with Gasteiger partial charge in [-0.1, -0.05) is 13.8 Å². The second kappa shape index (κ2) is 5.06. The van der Waals surface area contributed by atoms with Gasteiger partial charge in [0.25, 0.3) is 0 Å². The summed E-state index contributed by atoms with van der Waals surface area (Å²) in [5.74, 6) is 0. The Hall–Kier alpha value is -0.0800. The zero-order chi connectivity index (χ0) is 7.21. The predicted octanol–water partition coefficient (Wildman–Crippen LogP) is 2.30. The van der Waals surface area contributed by atoms with E-state index in [9.17, 15) is 0 Å². The smallest absolute Gasteiger partial charge is 0.0949 e. The number of hydrogen-bond acceptors (Lipinski definition) is 2. The second-order valence-corrected chi connectivity index (χ2v) is 2.20. The van der Waals surface area contributed by atoms with E-state index >= 15 is 0 Å². The maximum atomic E-state index is 7.90. The summed E-state index contributed by atoms with van der Waals surface area (Å²) in [6.45, 7) is 9.31. The Balaban J connectivity index is 0. The number of hydrogen-bond donors (Lipinski definition) is 1. The molecule has 52 valence electrons. The summed E-state index contributed by atoms with van der Waals surface area (Å²) in [4.78, 5) is 3.94. The van der Waals surface area contributed by atoms with E-state index in [2.05, 4.69) is 4.89 Å². The lowest BCUT2D eigenvalue weighted by atomic mass is 10.2. The van der Waals surface area contributed by atoms with Gasteiger partial charge in [0.1, 0.15) is 0 Å². The van der Waals surface area contributed by atoms with Crippen molar-refractivity contribution in [3.05, 3.63) is 0 Å². The molecule has 1 N–H and O–H groups in total. The molecule has 0 aliphatic heterocycles. The molecule has 2 nitrogen and oxygen atoms in total. The molecule has 0 aromatic carbocycles. The van der Waals surface area contributed by atoms with Crippen LogP contribution in [0.1, 0.15) is 34.6 Å². The maximum absolute atomic E-state index is 7.90. The van der Waals surface area contributed by atoms with E-state index in [0.29, 0.717) is 0 Å². The van der Waals surface area contributed by atoms with Crippen LogP contribution in [0.2, 0.25) is 0 Å². The molecule has 2 heteroatoms. The highest BCUT2D eigenvalue weighted by atomic mass is 17.1. The maximum Gasteiger partial charge on any atom is 0.0949 e. The first kappa shape index (κ1) is 10.8. The van der Waals surface area contributed by atoms with Crippen LogP contribution in [-0.2, 0) is 4.89 Å². The van der Waals surface area contributed by atoms with Crippen molar-refractivity contribution in [1.82, 2.24) is 0 Å². The fourth-order valence-electron chi connectivity index (χ4n) is 0. The van der Waals surface area contributed by atoms with E-state index in [4.69, 9.17) is 5.26 Å². The Morgan fingerprint density at radius 1 is 1.12 bits per heavy atom. The fraction of sp³-hybridized carbons (Fsp3) is 1.00. The van der Waals surface area contributed by atoms with Crippen LogP contribution >= 0.6 is 0 Å². The van der Waals surface area contributed by atoms with Crippen molar-refractivity contribution in [3.8, 4) is 0 Å². The first-order chi connectivity index (χ1) is 3.56. The molecule has 0 amide bonds. The van der Waals surface area contributed by atoms with Gasteiger partial charge in [-0.05, 0) is 20.8 Å². The van der Waals surface area contributed by atoms with E-state index < -0.39 is 5.60 Å². The molecular formula is C6H16O2. The van der Waals surface area contributed by atoms with Crippen molar-refractivity contribution >= 4 is 0 Å². The van der Waals surface area contributed by atoms with Crippen LogP contribution in [0.4, 0.5) is 0 Å². The van der Waals surface area contributed by atoms with Gasteiger partial charge in [-0.15, -0.1) is 0 Å². The summed E-state index contributed by atoms with van der Waals surface area (Å²) in [7, 11) is 0. The molecule has 0 spiro atoms. The molecule has 0 unspecified atom stereocenters. The molecule has 0 radical (unpaired) electrons. The zero-order valence-corrected chi connectivity index (χ0v) is 6.36. The molecule has 0 heterocycles. The zero-order valence-electron chi connectivity index (χ0n) is 6.36. The van der Waals surface area contributed by atoms with E-state index in [1.54, 1.807) is 20.8 Å². The van der Waals surface area contributed by atoms with Crippen molar-refractivity contribution in [3.63, 3.8) is 0 Å². The minimum atomic E-state index is -0.403. The third-order valence-corrected chi connectivity index (χ3v) is 0.274. The van der Waals surface area contributed by atoms with E-state index in [1.165, 1.54) is 0 Å². The van der Waals surface area contributed by atoms with Gasteiger partial charge in [-0.3, -0.25) is 5.26 Å². The molecule has 0 atom stereocenters.